The van der Waals surface area contributed by atoms with Gasteiger partial charge in [0.15, 0.2) is 0 Å². The molecule has 0 spiro atoms. The number of H-pyrrole nitrogens is 1. The van der Waals surface area contributed by atoms with E-state index in [1.807, 2.05) is 73.7 Å². The molecule has 0 saturated heterocycles. The third kappa shape index (κ3) is 4.51. The van der Waals surface area contributed by atoms with Gasteiger partial charge in [0.1, 0.15) is 5.75 Å². The van der Waals surface area contributed by atoms with Gasteiger partial charge in [0.25, 0.3) is 5.56 Å². The van der Waals surface area contributed by atoms with Gasteiger partial charge in [-0.1, -0.05) is 60.2 Å². The minimum Gasteiger partial charge on any atom is -0.507 e. The summed E-state index contributed by atoms with van der Waals surface area (Å²) in [6.07, 6.45) is 1.45. The molecule has 6 heteroatoms. The zero-order chi connectivity index (χ0) is 26.1. The molecule has 0 aliphatic heterocycles. The summed E-state index contributed by atoms with van der Waals surface area (Å²) in [6, 6.07) is 23.6. The topological polar surface area (TPSA) is 87.1 Å². The summed E-state index contributed by atoms with van der Waals surface area (Å²) in [4.78, 5) is 28.9. The van der Waals surface area contributed by atoms with E-state index in [4.69, 9.17) is 0 Å². The zero-order valence-electron chi connectivity index (χ0n) is 21.3. The fraction of sp³-hybridized carbons (Fsp3) is 0.226. The number of hydrogen-bond acceptors (Lipinski definition) is 3. The largest absolute Gasteiger partial charge is 0.507 e. The molecule has 0 saturated carbocycles. The highest BCUT2D eigenvalue weighted by Gasteiger charge is 2.30. The Labute approximate surface area is 215 Å². The van der Waals surface area contributed by atoms with E-state index in [1.54, 1.807) is 11.6 Å². The summed E-state index contributed by atoms with van der Waals surface area (Å²) >= 11 is 0. The van der Waals surface area contributed by atoms with Gasteiger partial charge in [-0.25, -0.2) is 0 Å². The molecule has 2 aromatic heterocycles. The van der Waals surface area contributed by atoms with E-state index in [9.17, 15) is 14.7 Å². The average molecular weight is 494 g/mol. The van der Waals surface area contributed by atoms with Crippen LogP contribution in [0.5, 0.6) is 5.75 Å². The molecule has 5 rings (SSSR count). The van der Waals surface area contributed by atoms with Crippen LogP contribution in [-0.4, -0.2) is 27.1 Å². The molecule has 37 heavy (non-hydrogen) atoms. The van der Waals surface area contributed by atoms with E-state index in [0.29, 0.717) is 29.4 Å². The number of aryl methyl sites for hydroxylation is 3. The van der Waals surface area contributed by atoms with Crippen molar-refractivity contribution < 1.29 is 9.90 Å². The van der Waals surface area contributed by atoms with E-state index >= 15 is 0 Å². The van der Waals surface area contributed by atoms with Crippen LogP contribution in [0.1, 0.15) is 47.2 Å². The van der Waals surface area contributed by atoms with Crippen molar-refractivity contribution in [2.75, 3.05) is 6.54 Å². The summed E-state index contributed by atoms with van der Waals surface area (Å²) in [5.74, 6) is -0.555. The summed E-state index contributed by atoms with van der Waals surface area (Å²) in [6.45, 7) is 4.11. The molecule has 1 unspecified atom stereocenters. The maximum Gasteiger partial charge on any atom is 0.258 e. The average Bonchev–Trinajstić information content (AvgIpc) is 3.26. The van der Waals surface area contributed by atoms with Crippen LogP contribution in [0.15, 0.2) is 77.6 Å². The SMILES string of the molecule is CC(=O)NCCCc1c(C(c2ccc(C)cc2)c2c(O)c3ccccc3n(C)c2=O)[nH]c2ccccc12. The fourth-order valence-corrected chi connectivity index (χ4v) is 5.27. The van der Waals surface area contributed by atoms with Gasteiger partial charge < -0.3 is 20.0 Å². The van der Waals surface area contributed by atoms with Crippen molar-refractivity contribution >= 4 is 27.7 Å². The van der Waals surface area contributed by atoms with Gasteiger partial charge in [-0.3, -0.25) is 9.59 Å². The summed E-state index contributed by atoms with van der Waals surface area (Å²) in [5, 5.41) is 16.2. The van der Waals surface area contributed by atoms with Crippen molar-refractivity contribution in [3.63, 3.8) is 0 Å². The fourth-order valence-electron chi connectivity index (χ4n) is 5.27. The number of amides is 1. The molecule has 188 valence electrons. The Balaban J connectivity index is 1.77. The molecule has 1 atom stereocenters. The molecule has 5 aromatic rings. The molecule has 0 aliphatic carbocycles. The normalized spacial score (nSPS) is 12.2. The molecule has 2 heterocycles. The van der Waals surface area contributed by atoms with Crippen molar-refractivity contribution in [2.45, 2.75) is 32.6 Å². The number of carbonyl (C=O) groups is 1. The maximum atomic E-state index is 13.9. The van der Waals surface area contributed by atoms with Crippen molar-refractivity contribution in [1.82, 2.24) is 14.9 Å². The highest BCUT2D eigenvalue weighted by molar-refractivity contribution is 5.88. The van der Waals surface area contributed by atoms with E-state index in [0.717, 1.165) is 39.7 Å². The molecular weight excluding hydrogens is 462 g/mol. The monoisotopic (exact) mass is 493 g/mol. The van der Waals surface area contributed by atoms with E-state index in [2.05, 4.69) is 16.4 Å². The predicted octanol–water partition coefficient (Wildman–Crippen LogP) is 5.28. The lowest BCUT2D eigenvalue weighted by atomic mass is 9.84. The van der Waals surface area contributed by atoms with Gasteiger partial charge in [0, 0.05) is 42.5 Å². The zero-order valence-corrected chi connectivity index (χ0v) is 21.3. The first-order chi connectivity index (χ1) is 17.9. The van der Waals surface area contributed by atoms with Gasteiger partial charge in [-0.15, -0.1) is 0 Å². The summed E-state index contributed by atoms with van der Waals surface area (Å²) < 4.78 is 1.62. The minimum absolute atomic E-state index is 0.00660. The number of aromatic hydroxyl groups is 1. The first kappa shape index (κ1) is 24.4. The molecule has 3 aromatic carbocycles. The van der Waals surface area contributed by atoms with Crippen LogP contribution < -0.4 is 10.9 Å². The van der Waals surface area contributed by atoms with Crippen molar-refractivity contribution in [3.8, 4) is 5.75 Å². The smallest absolute Gasteiger partial charge is 0.258 e. The summed E-state index contributed by atoms with van der Waals surface area (Å²) in [5.41, 5.74) is 5.78. The van der Waals surface area contributed by atoms with Crippen LogP contribution in [0.25, 0.3) is 21.8 Å². The Morgan fingerprint density at radius 2 is 1.68 bits per heavy atom. The van der Waals surface area contributed by atoms with Crippen LogP contribution in [0.2, 0.25) is 0 Å². The third-order valence-corrected chi connectivity index (χ3v) is 7.12. The standard InChI is InChI=1S/C31H31N3O3/c1-19-14-16-21(17-15-19)27(28-30(36)24-10-5-7-13-26(24)34(3)31(28)37)29-23(11-8-18-32-20(2)35)22-9-4-6-12-25(22)33-29/h4-7,9-10,12-17,27,33,36H,8,11,18H2,1-3H3,(H,32,35). The second-order valence-electron chi connectivity index (χ2n) is 9.64. The lowest BCUT2D eigenvalue weighted by Gasteiger charge is -2.22. The van der Waals surface area contributed by atoms with Crippen molar-refractivity contribution in [3.05, 3.63) is 111 Å². The number of aromatic nitrogens is 2. The molecule has 0 bridgehead atoms. The van der Waals surface area contributed by atoms with E-state index in [1.165, 1.54) is 6.92 Å². The molecule has 1 amide bonds. The molecule has 0 aliphatic rings. The summed E-state index contributed by atoms with van der Waals surface area (Å²) in [7, 11) is 1.75. The second kappa shape index (κ2) is 9.97. The number of nitrogens with one attached hydrogen (secondary N) is 2. The number of rotatable bonds is 7. The maximum absolute atomic E-state index is 13.9. The van der Waals surface area contributed by atoms with Crippen LogP contribution in [0.4, 0.5) is 0 Å². The first-order valence-corrected chi connectivity index (χ1v) is 12.6. The van der Waals surface area contributed by atoms with E-state index in [-0.39, 0.29) is 17.2 Å². The number of pyridine rings is 1. The van der Waals surface area contributed by atoms with Gasteiger partial charge >= 0.3 is 0 Å². The number of nitrogens with zero attached hydrogens (tertiary/aromatic N) is 1. The Kier molecular flexibility index (Phi) is 6.57. The predicted molar refractivity (Wildman–Crippen MR) is 148 cm³/mol. The Bertz CT molecular complexity index is 1660. The van der Waals surface area contributed by atoms with Crippen molar-refractivity contribution in [1.29, 1.82) is 0 Å². The quantitative estimate of drug-likeness (QED) is 0.270. The van der Waals surface area contributed by atoms with Crippen LogP contribution in [-0.2, 0) is 18.3 Å². The molecule has 6 nitrogen and oxygen atoms in total. The molecule has 0 fully saturated rings. The number of carbonyl (C=O) groups excluding carboxylic acids is 1. The van der Waals surface area contributed by atoms with Crippen LogP contribution in [0.3, 0.4) is 0 Å². The molecule has 3 N–H and O–H groups in total. The van der Waals surface area contributed by atoms with E-state index < -0.39 is 5.92 Å². The second-order valence-corrected chi connectivity index (χ2v) is 9.64. The third-order valence-electron chi connectivity index (χ3n) is 7.12. The number of fused-ring (bicyclic) bond motifs is 2. The Morgan fingerprint density at radius 3 is 2.41 bits per heavy atom. The Morgan fingerprint density at radius 1 is 1.00 bits per heavy atom. The first-order valence-electron chi connectivity index (χ1n) is 12.6. The van der Waals surface area contributed by atoms with Gasteiger partial charge in [-0.05, 0) is 49.1 Å². The highest BCUT2D eigenvalue weighted by Crippen LogP contribution is 2.41. The number of hydrogen-bond donors (Lipinski definition) is 3. The number of benzene rings is 3. The van der Waals surface area contributed by atoms with Crippen LogP contribution >= 0.6 is 0 Å². The minimum atomic E-state index is -0.507. The van der Waals surface area contributed by atoms with Gasteiger partial charge in [0.2, 0.25) is 5.91 Å². The Hall–Kier alpha value is -4.32. The van der Waals surface area contributed by atoms with Gasteiger partial charge in [0.05, 0.1) is 17.0 Å². The number of aromatic amines is 1. The molecule has 0 radical (unpaired) electrons. The lowest BCUT2D eigenvalue weighted by molar-refractivity contribution is -0.118. The number of para-hydroxylation sites is 2. The highest BCUT2D eigenvalue weighted by atomic mass is 16.3. The van der Waals surface area contributed by atoms with Gasteiger partial charge in [-0.2, -0.15) is 0 Å². The lowest BCUT2D eigenvalue weighted by Crippen LogP contribution is -2.25. The van der Waals surface area contributed by atoms with Crippen molar-refractivity contribution in [2.24, 2.45) is 7.05 Å². The molecular formula is C31H31N3O3. The van der Waals surface area contributed by atoms with Crippen LogP contribution in [0, 0.1) is 6.92 Å².